The van der Waals surface area contributed by atoms with Crippen LogP contribution in [0.4, 0.5) is 5.69 Å². The summed E-state index contributed by atoms with van der Waals surface area (Å²) in [6.45, 7) is 3.75. The van der Waals surface area contributed by atoms with Crippen LogP contribution in [0.2, 0.25) is 0 Å². The van der Waals surface area contributed by atoms with Crippen molar-refractivity contribution in [3.05, 3.63) is 53.5 Å². The molecule has 4 aliphatic rings. The Morgan fingerprint density at radius 3 is 2.59 bits per heavy atom. The normalized spacial score (nSPS) is 23.7. The first-order valence-corrected chi connectivity index (χ1v) is 11.8. The van der Waals surface area contributed by atoms with Crippen molar-refractivity contribution in [3.8, 4) is 0 Å². The Kier molecular flexibility index (Phi) is 4.75. The molecule has 4 aliphatic heterocycles. The van der Waals surface area contributed by atoms with Gasteiger partial charge >= 0.3 is 0 Å². The van der Waals surface area contributed by atoms with Crippen LogP contribution >= 0.6 is 0 Å². The number of benzene rings is 1. The molecule has 34 heavy (non-hydrogen) atoms. The van der Waals surface area contributed by atoms with E-state index in [9.17, 15) is 19.2 Å². The maximum Gasteiger partial charge on any atom is 0.257 e. The minimum Gasteiger partial charge on any atom is -0.472 e. The van der Waals surface area contributed by atoms with Gasteiger partial charge < -0.3 is 19.1 Å². The third-order valence-electron chi connectivity index (χ3n) is 7.80. The van der Waals surface area contributed by atoms with Crippen LogP contribution in [-0.4, -0.2) is 65.6 Å². The van der Waals surface area contributed by atoms with Crippen LogP contribution in [-0.2, 0) is 16.1 Å². The average molecular weight is 463 g/mol. The lowest BCUT2D eigenvalue weighted by molar-refractivity contribution is -0.136. The number of likely N-dealkylation sites (tertiary alicyclic amines) is 1. The molecule has 3 saturated heterocycles. The first-order chi connectivity index (χ1) is 16.4. The Labute approximate surface area is 196 Å². The second kappa shape index (κ2) is 7.72. The largest absolute Gasteiger partial charge is 0.472 e. The highest BCUT2D eigenvalue weighted by molar-refractivity contribution is 6.05. The van der Waals surface area contributed by atoms with Gasteiger partial charge in [0, 0.05) is 55.8 Å². The van der Waals surface area contributed by atoms with Crippen molar-refractivity contribution in [2.24, 2.45) is 5.41 Å². The minimum absolute atomic E-state index is 0.0311. The zero-order valence-electron chi connectivity index (χ0n) is 18.8. The number of imide groups is 1. The van der Waals surface area contributed by atoms with Crippen LogP contribution in [0, 0.1) is 5.41 Å². The molecule has 4 amide bonds. The fourth-order valence-corrected chi connectivity index (χ4v) is 5.77. The average Bonchev–Trinajstić information content (AvgIpc) is 3.46. The Balaban J connectivity index is 1.08. The fraction of sp³-hybridized carbons (Fsp3) is 0.440. The van der Waals surface area contributed by atoms with Gasteiger partial charge in [-0.05, 0) is 49.1 Å². The predicted molar refractivity (Wildman–Crippen MR) is 121 cm³/mol. The van der Waals surface area contributed by atoms with Crippen molar-refractivity contribution in [1.29, 1.82) is 0 Å². The zero-order chi connectivity index (χ0) is 23.4. The van der Waals surface area contributed by atoms with Gasteiger partial charge in [-0.1, -0.05) is 0 Å². The predicted octanol–water partition coefficient (Wildman–Crippen LogP) is 1.78. The number of hydrogen-bond acceptors (Lipinski definition) is 6. The summed E-state index contributed by atoms with van der Waals surface area (Å²) in [6, 6.07) is 7.01. The summed E-state index contributed by atoms with van der Waals surface area (Å²) in [5, 5.41) is 2.34. The molecule has 0 radical (unpaired) electrons. The van der Waals surface area contributed by atoms with Gasteiger partial charge in [-0.25, -0.2) is 0 Å². The summed E-state index contributed by atoms with van der Waals surface area (Å²) >= 11 is 0. The van der Waals surface area contributed by atoms with Gasteiger partial charge in [0.05, 0.1) is 11.8 Å². The molecule has 1 unspecified atom stereocenters. The zero-order valence-corrected chi connectivity index (χ0v) is 18.8. The van der Waals surface area contributed by atoms with Gasteiger partial charge in [0.15, 0.2) is 0 Å². The minimum atomic E-state index is -0.594. The molecule has 1 aromatic heterocycles. The fourth-order valence-electron chi connectivity index (χ4n) is 5.77. The number of amides is 4. The highest BCUT2D eigenvalue weighted by atomic mass is 16.3. The highest BCUT2D eigenvalue weighted by Crippen LogP contribution is 2.43. The molecule has 5 heterocycles. The lowest BCUT2D eigenvalue weighted by Crippen LogP contribution is -2.61. The first kappa shape index (κ1) is 20.9. The van der Waals surface area contributed by atoms with E-state index in [1.54, 1.807) is 11.0 Å². The molecule has 1 aromatic carbocycles. The van der Waals surface area contributed by atoms with E-state index in [1.807, 2.05) is 17.0 Å². The summed E-state index contributed by atoms with van der Waals surface area (Å²) in [5.74, 6) is -0.787. The Morgan fingerprint density at radius 2 is 1.88 bits per heavy atom. The van der Waals surface area contributed by atoms with E-state index in [-0.39, 0.29) is 35.5 Å². The number of piperidine rings is 2. The number of hydrogen-bond donors (Lipinski definition) is 1. The lowest BCUT2D eigenvalue weighted by Gasteiger charge is -2.55. The van der Waals surface area contributed by atoms with Crippen LogP contribution < -0.4 is 10.2 Å². The van der Waals surface area contributed by atoms with Gasteiger partial charge in [-0.2, -0.15) is 0 Å². The molecule has 1 spiro atoms. The second-order valence-corrected chi connectivity index (χ2v) is 9.90. The summed E-state index contributed by atoms with van der Waals surface area (Å²) < 4.78 is 5.04. The Bertz CT molecular complexity index is 1170. The molecule has 0 aliphatic carbocycles. The Morgan fingerprint density at radius 1 is 1.09 bits per heavy atom. The van der Waals surface area contributed by atoms with Crippen molar-refractivity contribution in [2.75, 3.05) is 31.1 Å². The van der Waals surface area contributed by atoms with Crippen LogP contribution in [0.5, 0.6) is 0 Å². The molecule has 0 saturated carbocycles. The first-order valence-electron chi connectivity index (χ1n) is 11.8. The summed E-state index contributed by atoms with van der Waals surface area (Å²) in [4.78, 5) is 55.0. The quantitative estimate of drug-likeness (QED) is 0.698. The number of furan rings is 1. The molecule has 176 valence electrons. The second-order valence-electron chi connectivity index (χ2n) is 9.90. The third kappa shape index (κ3) is 3.38. The SMILES string of the molecule is O=C1CCC(N2Cc3cc(N4CC5(CCN(C(=O)c6ccoc6)CC5)C4)ccc3C2=O)C(=O)N1. The highest BCUT2D eigenvalue weighted by Gasteiger charge is 2.46. The van der Waals surface area contributed by atoms with Crippen molar-refractivity contribution in [3.63, 3.8) is 0 Å². The lowest BCUT2D eigenvalue weighted by atomic mass is 9.71. The van der Waals surface area contributed by atoms with E-state index in [0.29, 0.717) is 24.1 Å². The number of fused-ring (bicyclic) bond motifs is 1. The summed E-state index contributed by atoms with van der Waals surface area (Å²) in [5.41, 5.74) is 3.47. The third-order valence-corrected chi connectivity index (χ3v) is 7.80. The Hall–Kier alpha value is -3.62. The van der Waals surface area contributed by atoms with Gasteiger partial charge in [-0.3, -0.25) is 24.5 Å². The molecule has 9 nitrogen and oxygen atoms in total. The number of nitrogens with one attached hydrogen (secondary N) is 1. The van der Waals surface area contributed by atoms with Crippen molar-refractivity contribution >= 4 is 29.3 Å². The molecule has 2 aromatic rings. The molecule has 1 atom stereocenters. The van der Waals surface area contributed by atoms with Crippen molar-refractivity contribution in [1.82, 2.24) is 15.1 Å². The van der Waals surface area contributed by atoms with Crippen molar-refractivity contribution in [2.45, 2.75) is 38.3 Å². The summed E-state index contributed by atoms with van der Waals surface area (Å²) in [6.07, 6.45) is 5.59. The molecule has 0 bridgehead atoms. The topological polar surface area (TPSA) is 103 Å². The standard InChI is InChI=1S/C25H26N4O5/c30-21-4-3-20(22(31)26-21)29-12-17-11-18(1-2-19(17)24(29)33)28-14-25(15-28)6-8-27(9-7-25)23(32)16-5-10-34-13-16/h1-2,5,10-11,13,20H,3-4,6-9,12,14-15H2,(H,26,30,31). The van der Waals surface area contributed by atoms with E-state index >= 15 is 0 Å². The van der Waals surface area contributed by atoms with E-state index in [2.05, 4.69) is 16.3 Å². The van der Waals surface area contributed by atoms with Crippen LogP contribution in [0.1, 0.15) is 52.0 Å². The van der Waals surface area contributed by atoms with Crippen LogP contribution in [0.3, 0.4) is 0 Å². The number of anilines is 1. The molecule has 1 N–H and O–H groups in total. The maximum absolute atomic E-state index is 12.9. The number of rotatable bonds is 3. The monoisotopic (exact) mass is 462 g/mol. The number of carbonyl (C=O) groups is 4. The van der Waals surface area contributed by atoms with Gasteiger partial charge in [0.25, 0.3) is 11.8 Å². The van der Waals surface area contributed by atoms with E-state index in [1.165, 1.54) is 12.5 Å². The van der Waals surface area contributed by atoms with Gasteiger partial charge in [0.1, 0.15) is 12.3 Å². The number of nitrogens with zero attached hydrogens (tertiary/aromatic N) is 3. The maximum atomic E-state index is 12.9. The smallest absolute Gasteiger partial charge is 0.257 e. The molecule has 6 rings (SSSR count). The van der Waals surface area contributed by atoms with E-state index in [0.717, 1.165) is 50.3 Å². The number of carbonyl (C=O) groups excluding carboxylic acids is 4. The van der Waals surface area contributed by atoms with E-state index < -0.39 is 6.04 Å². The van der Waals surface area contributed by atoms with E-state index in [4.69, 9.17) is 4.42 Å². The van der Waals surface area contributed by atoms with Gasteiger partial charge in [-0.15, -0.1) is 0 Å². The van der Waals surface area contributed by atoms with Crippen LogP contribution in [0.25, 0.3) is 0 Å². The van der Waals surface area contributed by atoms with Crippen LogP contribution in [0.15, 0.2) is 41.2 Å². The van der Waals surface area contributed by atoms with Crippen molar-refractivity contribution < 1.29 is 23.6 Å². The van der Waals surface area contributed by atoms with Gasteiger partial charge in [0.2, 0.25) is 11.8 Å². The summed E-state index contributed by atoms with van der Waals surface area (Å²) in [7, 11) is 0. The molecule has 9 heteroatoms. The molecule has 3 fully saturated rings. The molecular weight excluding hydrogens is 436 g/mol. The molecular formula is C25H26N4O5.